The zero-order valence-electron chi connectivity index (χ0n) is 11.0. The second-order valence-corrected chi connectivity index (χ2v) is 4.45. The van der Waals surface area contributed by atoms with E-state index in [4.69, 9.17) is 10.00 Å². The van der Waals surface area contributed by atoms with E-state index in [0.717, 1.165) is 10.9 Å². The van der Waals surface area contributed by atoms with E-state index in [1.54, 1.807) is 18.3 Å². The van der Waals surface area contributed by atoms with Crippen molar-refractivity contribution in [1.82, 2.24) is 4.98 Å². The molecule has 0 amide bonds. The smallest absolute Gasteiger partial charge is 0.150 e. The number of ether oxygens (including phenoxy) is 1. The lowest BCUT2D eigenvalue weighted by molar-refractivity contribution is 0.112. The zero-order chi connectivity index (χ0) is 14.7. The summed E-state index contributed by atoms with van der Waals surface area (Å²) in [5.74, 6) is 1.01. The van der Waals surface area contributed by atoms with E-state index in [-0.39, 0.29) is 0 Å². The van der Waals surface area contributed by atoms with Crippen LogP contribution < -0.4 is 4.74 Å². The summed E-state index contributed by atoms with van der Waals surface area (Å²) in [7, 11) is 0. The minimum atomic E-state index is 0.320. The first-order chi connectivity index (χ1) is 10.3. The molecule has 100 valence electrons. The van der Waals surface area contributed by atoms with Gasteiger partial charge in [-0.25, -0.2) is 0 Å². The molecule has 0 unspecified atom stereocenters. The average molecular weight is 274 g/mol. The van der Waals surface area contributed by atoms with Crippen LogP contribution in [0.15, 0.2) is 54.7 Å². The summed E-state index contributed by atoms with van der Waals surface area (Å²) in [5.41, 5.74) is 1.58. The molecule has 0 aliphatic rings. The van der Waals surface area contributed by atoms with Gasteiger partial charge in [-0.15, -0.1) is 0 Å². The van der Waals surface area contributed by atoms with Crippen LogP contribution in [-0.2, 0) is 0 Å². The zero-order valence-corrected chi connectivity index (χ0v) is 11.0. The van der Waals surface area contributed by atoms with Crippen LogP contribution in [0.1, 0.15) is 15.9 Å². The van der Waals surface area contributed by atoms with Crippen LogP contribution in [0.5, 0.6) is 11.5 Å². The van der Waals surface area contributed by atoms with Crippen molar-refractivity contribution in [3.8, 4) is 17.6 Å². The van der Waals surface area contributed by atoms with E-state index in [9.17, 15) is 4.79 Å². The maximum atomic E-state index is 10.7. The molecule has 1 heterocycles. The minimum absolute atomic E-state index is 0.320. The fourth-order valence-electron chi connectivity index (χ4n) is 2.03. The number of carbonyl (C=O) groups excluding carboxylic acids is 1. The van der Waals surface area contributed by atoms with Gasteiger partial charge in [-0.2, -0.15) is 5.26 Å². The minimum Gasteiger partial charge on any atom is -0.456 e. The number of aldehydes is 1. The molecule has 0 fully saturated rings. The highest BCUT2D eigenvalue weighted by Crippen LogP contribution is 2.27. The summed E-state index contributed by atoms with van der Waals surface area (Å²) in [6.45, 7) is 0. The largest absolute Gasteiger partial charge is 0.456 e. The number of hydrogen-bond donors (Lipinski definition) is 0. The number of benzene rings is 2. The summed E-state index contributed by atoms with van der Waals surface area (Å²) in [4.78, 5) is 15.0. The average Bonchev–Trinajstić information content (AvgIpc) is 2.55. The molecule has 4 nitrogen and oxygen atoms in total. The van der Waals surface area contributed by atoms with E-state index in [1.807, 2.05) is 36.4 Å². The molecule has 4 heteroatoms. The number of hydrogen-bond acceptors (Lipinski definition) is 4. The van der Waals surface area contributed by atoms with Gasteiger partial charge >= 0.3 is 0 Å². The number of pyridine rings is 1. The maximum Gasteiger partial charge on any atom is 0.150 e. The molecule has 0 N–H and O–H groups in total. The lowest BCUT2D eigenvalue weighted by Gasteiger charge is -2.08. The van der Waals surface area contributed by atoms with E-state index in [0.29, 0.717) is 28.9 Å². The van der Waals surface area contributed by atoms with Crippen LogP contribution >= 0.6 is 0 Å². The monoisotopic (exact) mass is 274 g/mol. The third-order valence-corrected chi connectivity index (χ3v) is 3.07. The quantitative estimate of drug-likeness (QED) is 0.683. The van der Waals surface area contributed by atoms with Gasteiger partial charge < -0.3 is 4.74 Å². The Morgan fingerprint density at radius 3 is 2.86 bits per heavy atom. The van der Waals surface area contributed by atoms with Crippen molar-refractivity contribution in [3.05, 3.63) is 65.9 Å². The highest BCUT2D eigenvalue weighted by Gasteiger charge is 2.07. The van der Waals surface area contributed by atoms with Crippen molar-refractivity contribution in [2.75, 3.05) is 0 Å². The Balaban J connectivity index is 1.98. The summed E-state index contributed by atoms with van der Waals surface area (Å²) in [6, 6.07) is 16.1. The van der Waals surface area contributed by atoms with E-state index in [2.05, 4.69) is 4.98 Å². The summed E-state index contributed by atoms with van der Waals surface area (Å²) >= 11 is 0. The van der Waals surface area contributed by atoms with Gasteiger partial charge in [0.25, 0.3) is 0 Å². The van der Waals surface area contributed by atoms with Crippen molar-refractivity contribution in [1.29, 1.82) is 5.26 Å². The third kappa shape index (κ3) is 2.58. The Morgan fingerprint density at radius 2 is 2.05 bits per heavy atom. The first kappa shape index (κ1) is 12.8. The van der Waals surface area contributed by atoms with Crippen molar-refractivity contribution in [2.24, 2.45) is 0 Å². The molecule has 0 radical (unpaired) electrons. The van der Waals surface area contributed by atoms with Crippen LogP contribution in [-0.4, -0.2) is 11.3 Å². The van der Waals surface area contributed by atoms with Gasteiger partial charge in [0.05, 0.1) is 11.1 Å². The highest BCUT2D eigenvalue weighted by molar-refractivity contribution is 5.80. The summed E-state index contributed by atoms with van der Waals surface area (Å²) in [5, 5.41) is 10.1. The Morgan fingerprint density at radius 1 is 1.14 bits per heavy atom. The molecule has 21 heavy (non-hydrogen) atoms. The number of aromatic nitrogens is 1. The summed E-state index contributed by atoms with van der Waals surface area (Å²) < 4.78 is 5.73. The molecule has 2 aromatic carbocycles. The molecule has 0 atom stereocenters. The Labute approximate surface area is 121 Å². The Hall–Kier alpha value is -3.19. The molecule has 3 rings (SSSR count). The Kier molecular flexibility index (Phi) is 3.32. The van der Waals surface area contributed by atoms with Crippen molar-refractivity contribution in [3.63, 3.8) is 0 Å². The van der Waals surface area contributed by atoms with E-state index >= 15 is 0 Å². The van der Waals surface area contributed by atoms with E-state index in [1.165, 1.54) is 6.07 Å². The molecule has 0 aliphatic carbocycles. The number of nitrogens with zero attached hydrogens (tertiary/aromatic N) is 2. The van der Waals surface area contributed by atoms with Gasteiger partial charge in [0.15, 0.2) is 0 Å². The topological polar surface area (TPSA) is 63.0 Å². The van der Waals surface area contributed by atoms with Gasteiger partial charge in [-0.05, 0) is 36.4 Å². The fourth-order valence-corrected chi connectivity index (χ4v) is 2.03. The van der Waals surface area contributed by atoms with Crippen molar-refractivity contribution in [2.45, 2.75) is 0 Å². The number of rotatable bonds is 3. The van der Waals surface area contributed by atoms with Crippen LogP contribution in [0.25, 0.3) is 10.9 Å². The normalized spacial score (nSPS) is 10.0. The first-order valence-electron chi connectivity index (χ1n) is 6.32. The molecule has 0 saturated heterocycles. The fraction of sp³-hybridized carbons (Fsp3) is 0. The predicted octanol–water partition coefficient (Wildman–Crippen LogP) is 3.71. The van der Waals surface area contributed by atoms with Gasteiger partial charge in [-0.3, -0.25) is 9.78 Å². The third-order valence-electron chi connectivity index (χ3n) is 3.07. The van der Waals surface area contributed by atoms with Crippen LogP contribution in [0.3, 0.4) is 0 Å². The molecule has 0 spiro atoms. The standard InChI is InChI=1S/C17H10N2O2/c18-10-14-8-12(11-20)3-6-17(14)21-15-5-4-13-2-1-7-19-16(13)9-15/h1-9,11H. The van der Waals surface area contributed by atoms with Crippen LogP contribution in [0, 0.1) is 11.3 Å². The molecule has 1 aromatic heterocycles. The van der Waals surface area contributed by atoms with Gasteiger partial charge in [0.2, 0.25) is 0 Å². The Bertz CT molecular complexity index is 866. The van der Waals surface area contributed by atoms with Gasteiger partial charge in [0.1, 0.15) is 23.9 Å². The molecule has 0 bridgehead atoms. The molecular weight excluding hydrogens is 264 g/mol. The predicted molar refractivity (Wildman–Crippen MR) is 78.4 cm³/mol. The number of fused-ring (bicyclic) bond motifs is 1. The van der Waals surface area contributed by atoms with Crippen LogP contribution in [0.4, 0.5) is 0 Å². The number of carbonyl (C=O) groups is 1. The van der Waals surface area contributed by atoms with Gasteiger partial charge in [-0.1, -0.05) is 6.07 Å². The molecule has 3 aromatic rings. The van der Waals surface area contributed by atoms with Gasteiger partial charge in [0, 0.05) is 23.2 Å². The lowest BCUT2D eigenvalue weighted by atomic mass is 10.1. The van der Waals surface area contributed by atoms with Crippen molar-refractivity contribution >= 4 is 17.2 Å². The summed E-state index contributed by atoms with van der Waals surface area (Å²) in [6.07, 6.45) is 2.41. The molecule has 0 saturated carbocycles. The SMILES string of the molecule is N#Cc1cc(C=O)ccc1Oc1ccc2cccnc2c1. The molecule has 0 aliphatic heterocycles. The first-order valence-corrected chi connectivity index (χ1v) is 6.32. The second kappa shape index (κ2) is 5.43. The second-order valence-electron chi connectivity index (χ2n) is 4.45. The highest BCUT2D eigenvalue weighted by atomic mass is 16.5. The maximum absolute atomic E-state index is 10.7. The van der Waals surface area contributed by atoms with E-state index < -0.39 is 0 Å². The van der Waals surface area contributed by atoms with Crippen molar-refractivity contribution < 1.29 is 9.53 Å². The number of nitriles is 1. The van der Waals surface area contributed by atoms with Crippen LogP contribution in [0.2, 0.25) is 0 Å². The lowest BCUT2D eigenvalue weighted by Crippen LogP contribution is -1.91. The molecular formula is C17H10N2O2.